The van der Waals surface area contributed by atoms with E-state index in [0.717, 1.165) is 0 Å². The van der Waals surface area contributed by atoms with Gasteiger partial charge in [-0.1, -0.05) is 19.9 Å². The van der Waals surface area contributed by atoms with Crippen molar-refractivity contribution >= 4 is 16.0 Å². The summed E-state index contributed by atoms with van der Waals surface area (Å²) < 4.78 is 31.9. The number of sulfonamides is 1. The van der Waals surface area contributed by atoms with Crippen LogP contribution >= 0.6 is 0 Å². The number of rotatable bonds is 3. The van der Waals surface area contributed by atoms with Crippen LogP contribution in [0.5, 0.6) is 0 Å². The Balaban J connectivity index is 2.39. The first-order valence-corrected chi connectivity index (χ1v) is 8.98. The highest BCUT2D eigenvalue weighted by Crippen LogP contribution is 2.31. The van der Waals surface area contributed by atoms with E-state index in [1.165, 1.54) is 23.5 Å². The van der Waals surface area contributed by atoms with Crippen LogP contribution in [0.3, 0.4) is 0 Å². The maximum absolute atomic E-state index is 12.9. The second-order valence-electron chi connectivity index (χ2n) is 6.69. The molecule has 0 amide bonds. The summed E-state index contributed by atoms with van der Waals surface area (Å²) in [5.74, 6) is -0.541. The van der Waals surface area contributed by atoms with Gasteiger partial charge in [-0.25, -0.2) is 13.2 Å². The van der Waals surface area contributed by atoms with Gasteiger partial charge in [0.2, 0.25) is 10.0 Å². The van der Waals surface area contributed by atoms with Crippen molar-refractivity contribution in [3.8, 4) is 0 Å². The van der Waals surface area contributed by atoms with Crippen LogP contribution in [0.2, 0.25) is 0 Å². The Kier molecular flexibility index (Phi) is 4.84. The standard InChI is InChI=1S/C16H24N2O4S/c1-11-5-6-12(9-13(11)15(19)22-4)23(20,21)18-8-7-14(17)16(2,3)10-18/h5-6,9,14H,7-8,10,17H2,1-4H3. The molecule has 0 aromatic heterocycles. The molecule has 1 saturated heterocycles. The number of nitrogens with two attached hydrogens (primary N) is 1. The number of benzene rings is 1. The van der Waals surface area contributed by atoms with Crippen LogP contribution in [0.4, 0.5) is 0 Å². The number of hydrogen-bond donors (Lipinski definition) is 1. The van der Waals surface area contributed by atoms with Crippen molar-refractivity contribution in [2.24, 2.45) is 11.1 Å². The Morgan fingerprint density at radius 3 is 2.61 bits per heavy atom. The van der Waals surface area contributed by atoms with Crippen molar-refractivity contribution < 1.29 is 17.9 Å². The minimum atomic E-state index is -3.67. The molecule has 1 heterocycles. The summed E-state index contributed by atoms with van der Waals surface area (Å²) >= 11 is 0. The minimum absolute atomic E-state index is 0.0300. The first kappa shape index (κ1) is 17.9. The van der Waals surface area contributed by atoms with E-state index in [4.69, 9.17) is 10.5 Å². The van der Waals surface area contributed by atoms with Crippen molar-refractivity contribution in [2.45, 2.75) is 38.1 Å². The van der Waals surface area contributed by atoms with Crippen molar-refractivity contribution in [3.05, 3.63) is 29.3 Å². The largest absolute Gasteiger partial charge is 0.465 e. The molecule has 1 aromatic carbocycles. The van der Waals surface area contributed by atoms with Crippen LogP contribution < -0.4 is 5.73 Å². The van der Waals surface area contributed by atoms with E-state index in [0.29, 0.717) is 25.1 Å². The molecule has 1 aliphatic rings. The third-order valence-electron chi connectivity index (χ3n) is 4.53. The lowest BCUT2D eigenvalue weighted by Crippen LogP contribution is -2.53. The van der Waals surface area contributed by atoms with Crippen LogP contribution in [0.1, 0.15) is 36.2 Å². The molecular weight excluding hydrogens is 316 g/mol. The van der Waals surface area contributed by atoms with Crippen LogP contribution in [-0.2, 0) is 14.8 Å². The Hall–Kier alpha value is -1.44. The Morgan fingerprint density at radius 2 is 2.04 bits per heavy atom. The SMILES string of the molecule is COC(=O)c1cc(S(=O)(=O)N2CCC(N)C(C)(C)C2)ccc1C. The molecule has 0 radical (unpaired) electrons. The summed E-state index contributed by atoms with van der Waals surface area (Å²) in [7, 11) is -2.39. The van der Waals surface area contributed by atoms with Crippen molar-refractivity contribution in [1.82, 2.24) is 4.31 Å². The molecule has 7 heteroatoms. The summed E-state index contributed by atoms with van der Waals surface area (Å²) in [6, 6.07) is 4.51. The highest BCUT2D eigenvalue weighted by atomic mass is 32.2. The van der Waals surface area contributed by atoms with E-state index < -0.39 is 16.0 Å². The summed E-state index contributed by atoms with van der Waals surface area (Å²) in [5, 5.41) is 0. The predicted octanol–water partition coefficient (Wildman–Crippen LogP) is 1.53. The number of carbonyl (C=O) groups is 1. The van der Waals surface area contributed by atoms with Gasteiger partial charge in [-0.2, -0.15) is 4.31 Å². The first-order chi connectivity index (χ1) is 10.6. The fourth-order valence-corrected chi connectivity index (χ4v) is 4.42. The second-order valence-corrected chi connectivity index (χ2v) is 8.63. The molecule has 23 heavy (non-hydrogen) atoms. The zero-order valence-electron chi connectivity index (χ0n) is 14.0. The minimum Gasteiger partial charge on any atom is -0.465 e. The topological polar surface area (TPSA) is 89.7 Å². The highest BCUT2D eigenvalue weighted by Gasteiger charge is 2.39. The zero-order valence-corrected chi connectivity index (χ0v) is 14.8. The van der Waals surface area contributed by atoms with Gasteiger partial charge in [0.1, 0.15) is 0 Å². The third-order valence-corrected chi connectivity index (χ3v) is 6.37. The number of methoxy groups -OCH3 is 1. The lowest BCUT2D eigenvalue weighted by Gasteiger charge is -2.41. The maximum atomic E-state index is 12.9. The normalized spacial score (nSPS) is 21.9. The lowest BCUT2D eigenvalue weighted by molar-refractivity contribution is 0.0599. The van der Waals surface area contributed by atoms with E-state index in [2.05, 4.69) is 0 Å². The molecule has 1 aliphatic heterocycles. The first-order valence-electron chi connectivity index (χ1n) is 7.54. The van der Waals surface area contributed by atoms with Gasteiger partial charge < -0.3 is 10.5 Å². The van der Waals surface area contributed by atoms with Crippen LogP contribution in [0, 0.1) is 12.3 Å². The summed E-state index contributed by atoms with van der Waals surface area (Å²) in [5.41, 5.74) is 6.73. The number of ether oxygens (including phenoxy) is 1. The number of piperidine rings is 1. The van der Waals surface area contributed by atoms with Crippen LogP contribution in [-0.4, -0.2) is 44.9 Å². The monoisotopic (exact) mass is 340 g/mol. The van der Waals surface area contributed by atoms with E-state index >= 15 is 0 Å². The van der Waals surface area contributed by atoms with Gasteiger partial charge in [0.15, 0.2) is 0 Å². The number of esters is 1. The molecule has 0 bridgehead atoms. The molecule has 2 N–H and O–H groups in total. The molecule has 0 spiro atoms. The van der Waals surface area contributed by atoms with Crippen LogP contribution in [0.15, 0.2) is 23.1 Å². The second kappa shape index (κ2) is 6.22. The van der Waals surface area contributed by atoms with Gasteiger partial charge in [-0.05, 0) is 36.5 Å². The summed E-state index contributed by atoms with van der Waals surface area (Å²) in [6.07, 6.45) is 0.613. The van der Waals surface area contributed by atoms with Gasteiger partial charge in [-0.3, -0.25) is 0 Å². The van der Waals surface area contributed by atoms with Gasteiger partial charge >= 0.3 is 5.97 Å². The van der Waals surface area contributed by atoms with E-state index in [1.807, 2.05) is 13.8 Å². The number of carbonyl (C=O) groups excluding carboxylic acids is 1. The molecule has 6 nitrogen and oxygen atoms in total. The van der Waals surface area contributed by atoms with Crippen molar-refractivity contribution in [2.75, 3.05) is 20.2 Å². The average molecular weight is 340 g/mol. The molecule has 1 unspecified atom stereocenters. The van der Waals surface area contributed by atoms with E-state index in [-0.39, 0.29) is 21.9 Å². The molecule has 0 aliphatic carbocycles. The fraction of sp³-hybridized carbons (Fsp3) is 0.562. The smallest absolute Gasteiger partial charge is 0.338 e. The summed E-state index contributed by atoms with van der Waals surface area (Å²) in [4.78, 5) is 11.9. The fourth-order valence-electron chi connectivity index (χ4n) is 2.77. The van der Waals surface area contributed by atoms with E-state index in [9.17, 15) is 13.2 Å². The van der Waals surface area contributed by atoms with Gasteiger partial charge in [0, 0.05) is 19.1 Å². The Labute approximate surface area is 137 Å². The highest BCUT2D eigenvalue weighted by molar-refractivity contribution is 7.89. The lowest BCUT2D eigenvalue weighted by atomic mass is 9.81. The average Bonchev–Trinajstić information content (AvgIpc) is 2.49. The van der Waals surface area contributed by atoms with Gasteiger partial charge in [0.05, 0.1) is 17.6 Å². The molecule has 128 valence electrons. The Bertz CT molecular complexity index is 713. The summed E-state index contributed by atoms with van der Waals surface area (Å²) in [6.45, 7) is 6.42. The molecule has 0 saturated carbocycles. The molecule has 1 fully saturated rings. The van der Waals surface area contributed by atoms with Crippen LogP contribution in [0.25, 0.3) is 0 Å². The molecular formula is C16H24N2O4S. The molecule has 1 aromatic rings. The van der Waals surface area contributed by atoms with Gasteiger partial charge in [-0.15, -0.1) is 0 Å². The van der Waals surface area contributed by atoms with Crippen molar-refractivity contribution in [3.63, 3.8) is 0 Å². The maximum Gasteiger partial charge on any atom is 0.338 e. The predicted molar refractivity (Wildman–Crippen MR) is 87.7 cm³/mol. The van der Waals surface area contributed by atoms with Gasteiger partial charge in [0.25, 0.3) is 0 Å². The number of aryl methyl sites for hydroxylation is 1. The van der Waals surface area contributed by atoms with E-state index in [1.54, 1.807) is 13.0 Å². The molecule has 2 rings (SSSR count). The number of hydrogen-bond acceptors (Lipinski definition) is 5. The van der Waals surface area contributed by atoms with Crippen molar-refractivity contribution in [1.29, 1.82) is 0 Å². The quantitative estimate of drug-likeness (QED) is 0.843. The number of nitrogens with zero attached hydrogens (tertiary/aromatic N) is 1. The zero-order chi connectivity index (χ0) is 17.4. The molecule has 1 atom stereocenters. The third kappa shape index (κ3) is 3.41. The Morgan fingerprint density at radius 1 is 1.39 bits per heavy atom.